The SMILES string of the molecule is C/C(=C\CCC(c1ccccc1)c1ccccc1)C(=O)O. The first-order chi connectivity index (χ1) is 10.2. The highest BCUT2D eigenvalue weighted by molar-refractivity contribution is 5.85. The van der Waals surface area contributed by atoms with Crippen molar-refractivity contribution in [3.8, 4) is 0 Å². The molecule has 0 amide bonds. The van der Waals surface area contributed by atoms with Crippen LogP contribution in [-0.2, 0) is 4.79 Å². The topological polar surface area (TPSA) is 37.3 Å². The van der Waals surface area contributed by atoms with Crippen molar-refractivity contribution >= 4 is 5.97 Å². The molecule has 0 atom stereocenters. The van der Waals surface area contributed by atoms with E-state index >= 15 is 0 Å². The third kappa shape index (κ3) is 4.32. The summed E-state index contributed by atoms with van der Waals surface area (Å²) in [5.41, 5.74) is 2.95. The van der Waals surface area contributed by atoms with Crippen LogP contribution in [0.4, 0.5) is 0 Å². The van der Waals surface area contributed by atoms with Gasteiger partial charge in [-0.3, -0.25) is 0 Å². The Morgan fingerprint density at radius 2 is 1.48 bits per heavy atom. The summed E-state index contributed by atoms with van der Waals surface area (Å²) in [6, 6.07) is 20.7. The minimum atomic E-state index is -0.842. The number of carbonyl (C=O) groups is 1. The van der Waals surface area contributed by atoms with Gasteiger partial charge in [0.1, 0.15) is 0 Å². The lowest BCUT2D eigenvalue weighted by Crippen LogP contribution is -2.01. The molecule has 0 aliphatic heterocycles. The number of benzene rings is 2. The summed E-state index contributed by atoms with van der Waals surface area (Å²) in [5, 5.41) is 8.91. The lowest BCUT2D eigenvalue weighted by molar-refractivity contribution is -0.132. The molecule has 0 saturated carbocycles. The van der Waals surface area contributed by atoms with Crippen molar-refractivity contribution in [2.45, 2.75) is 25.7 Å². The van der Waals surface area contributed by atoms with Crippen LogP contribution in [0.25, 0.3) is 0 Å². The van der Waals surface area contributed by atoms with Crippen molar-refractivity contribution in [1.29, 1.82) is 0 Å². The van der Waals surface area contributed by atoms with E-state index in [1.165, 1.54) is 11.1 Å². The second-order valence-electron chi connectivity index (χ2n) is 5.14. The Morgan fingerprint density at radius 1 is 1.00 bits per heavy atom. The summed E-state index contributed by atoms with van der Waals surface area (Å²) in [4.78, 5) is 10.8. The zero-order valence-corrected chi connectivity index (χ0v) is 12.2. The summed E-state index contributed by atoms with van der Waals surface area (Å²) in [6.07, 6.45) is 3.46. The zero-order valence-electron chi connectivity index (χ0n) is 12.2. The molecule has 0 fully saturated rings. The third-order valence-corrected chi connectivity index (χ3v) is 3.65. The van der Waals surface area contributed by atoms with Crippen LogP contribution in [0, 0.1) is 0 Å². The highest BCUT2D eigenvalue weighted by Crippen LogP contribution is 2.29. The fourth-order valence-corrected chi connectivity index (χ4v) is 2.45. The van der Waals surface area contributed by atoms with Crippen LogP contribution in [0.1, 0.15) is 36.8 Å². The fraction of sp³-hybridized carbons (Fsp3) is 0.211. The molecule has 2 aromatic rings. The second-order valence-corrected chi connectivity index (χ2v) is 5.14. The van der Waals surface area contributed by atoms with Gasteiger partial charge in [-0.05, 0) is 30.9 Å². The molecular formula is C19H20O2. The first-order valence-corrected chi connectivity index (χ1v) is 7.18. The Bertz CT molecular complexity index is 560. The van der Waals surface area contributed by atoms with Crippen molar-refractivity contribution in [3.05, 3.63) is 83.4 Å². The number of rotatable bonds is 6. The van der Waals surface area contributed by atoms with Gasteiger partial charge in [-0.25, -0.2) is 4.79 Å². The highest BCUT2D eigenvalue weighted by Gasteiger charge is 2.13. The van der Waals surface area contributed by atoms with E-state index in [1.807, 2.05) is 36.4 Å². The minimum Gasteiger partial charge on any atom is -0.478 e. The standard InChI is InChI=1S/C19H20O2/c1-15(19(20)21)9-8-14-18(16-10-4-2-5-11-16)17-12-6-3-7-13-17/h2-7,9-13,18H,8,14H2,1H3,(H,20,21)/b15-9+. The molecule has 2 rings (SSSR count). The van der Waals surface area contributed by atoms with Gasteiger partial charge >= 0.3 is 5.97 Å². The second kappa shape index (κ2) is 7.44. The Labute approximate surface area is 125 Å². The van der Waals surface area contributed by atoms with Crippen LogP contribution in [0.3, 0.4) is 0 Å². The van der Waals surface area contributed by atoms with Gasteiger partial charge in [0.05, 0.1) is 0 Å². The van der Waals surface area contributed by atoms with E-state index in [1.54, 1.807) is 13.0 Å². The largest absolute Gasteiger partial charge is 0.478 e. The molecule has 0 aliphatic rings. The first-order valence-electron chi connectivity index (χ1n) is 7.18. The monoisotopic (exact) mass is 280 g/mol. The summed E-state index contributed by atoms with van der Waals surface area (Å²) < 4.78 is 0. The van der Waals surface area contributed by atoms with E-state index in [0.717, 1.165) is 12.8 Å². The van der Waals surface area contributed by atoms with Crippen LogP contribution >= 0.6 is 0 Å². The first kappa shape index (κ1) is 15.0. The Kier molecular flexibility index (Phi) is 5.33. The Hall–Kier alpha value is -2.35. The Morgan fingerprint density at radius 3 is 1.90 bits per heavy atom. The molecule has 108 valence electrons. The fourth-order valence-electron chi connectivity index (χ4n) is 2.45. The quantitative estimate of drug-likeness (QED) is 0.783. The third-order valence-electron chi connectivity index (χ3n) is 3.65. The maximum atomic E-state index is 10.8. The molecule has 0 spiro atoms. The van der Waals surface area contributed by atoms with Gasteiger partial charge in [0.25, 0.3) is 0 Å². The van der Waals surface area contributed by atoms with Gasteiger partial charge in [-0.2, -0.15) is 0 Å². The molecule has 0 bridgehead atoms. The van der Waals surface area contributed by atoms with E-state index in [9.17, 15) is 4.79 Å². The molecule has 0 unspecified atom stereocenters. The molecule has 0 aliphatic carbocycles. The predicted molar refractivity (Wildman–Crippen MR) is 85.4 cm³/mol. The summed E-state index contributed by atoms with van der Waals surface area (Å²) in [6.45, 7) is 1.64. The van der Waals surface area contributed by atoms with Crippen molar-refractivity contribution in [1.82, 2.24) is 0 Å². The number of carboxylic acids is 1. The predicted octanol–water partition coefficient (Wildman–Crippen LogP) is 4.63. The number of hydrogen-bond donors (Lipinski definition) is 1. The molecule has 2 nitrogen and oxygen atoms in total. The summed E-state index contributed by atoms with van der Waals surface area (Å²) in [7, 11) is 0. The zero-order chi connectivity index (χ0) is 15.1. The molecule has 1 N–H and O–H groups in total. The molecule has 0 saturated heterocycles. The average molecular weight is 280 g/mol. The van der Waals surface area contributed by atoms with Crippen molar-refractivity contribution < 1.29 is 9.90 Å². The molecule has 0 aromatic heterocycles. The van der Waals surface area contributed by atoms with Gasteiger partial charge in [0, 0.05) is 11.5 Å². The van der Waals surface area contributed by atoms with Crippen molar-refractivity contribution in [3.63, 3.8) is 0 Å². The molecule has 21 heavy (non-hydrogen) atoms. The normalized spacial score (nSPS) is 11.6. The molecular weight excluding hydrogens is 260 g/mol. The van der Waals surface area contributed by atoms with Gasteiger partial charge in [0.2, 0.25) is 0 Å². The number of carboxylic acid groups (broad SMARTS) is 1. The maximum Gasteiger partial charge on any atom is 0.330 e. The van der Waals surface area contributed by atoms with Crippen LogP contribution in [-0.4, -0.2) is 11.1 Å². The van der Waals surface area contributed by atoms with Crippen molar-refractivity contribution in [2.24, 2.45) is 0 Å². The van der Waals surface area contributed by atoms with E-state index in [-0.39, 0.29) is 0 Å². The van der Waals surface area contributed by atoms with Crippen LogP contribution in [0.2, 0.25) is 0 Å². The smallest absolute Gasteiger partial charge is 0.330 e. The van der Waals surface area contributed by atoms with Crippen LogP contribution in [0.15, 0.2) is 72.3 Å². The van der Waals surface area contributed by atoms with E-state index in [4.69, 9.17) is 5.11 Å². The summed E-state index contributed by atoms with van der Waals surface area (Å²) >= 11 is 0. The van der Waals surface area contributed by atoms with Gasteiger partial charge < -0.3 is 5.11 Å². The lowest BCUT2D eigenvalue weighted by Gasteiger charge is -2.17. The molecule has 2 heteroatoms. The number of aliphatic carboxylic acids is 1. The average Bonchev–Trinajstić information content (AvgIpc) is 2.53. The maximum absolute atomic E-state index is 10.8. The summed E-state index contributed by atoms with van der Waals surface area (Å²) in [5.74, 6) is -0.545. The number of hydrogen-bond acceptors (Lipinski definition) is 1. The highest BCUT2D eigenvalue weighted by atomic mass is 16.4. The van der Waals surface area contributed by atoms with E-state index < -0.39 is 5.97 Å². The van der Waals surface area contributed by atoms with Gasteiger partial charge in [0.15, 0.2) is 0 Å². The van der Waals surface area contributed by atoms with E-state index in [0.29, 0.717) is 11.5 Å². The Balaban J connectivity index is 2.18. The lowest BCUT2D eigenvalue weighted by atomic mass is 9.87. The molecule has 2 aromatic carbocycles. The minimum absolute atomic E-state index is 0.297. The number of allylic oxidation sites excluding steroid dienone is 1. The molecule has 0 heterocycles. The van der Waals surface area contributed by atoms with Gasteiger partial charge in [-0.15, -0.1) is 0 Å². The van der Waals surface area contributed by atoms with Gasteiger partial charge in [-0.1, -0.05) is 66.7 Å². The molecule has 0 radical (unpaired) electrons. The van der Waals surface area contributed by atoms with Crippen molar-refractivity contribution in [2.75, 3.05) is 0 Å². The van der Waals surface area contributed by atoms with Crippen LogP contribution < -0.4 is 0 Å². The van der Waals surface area contributed by atoms with Crippen LogP contribution in [0.5, 0.6) is 0 Å². The van der Waals surface area contributed by atoms with E-state index in [2.05, 4.69) is 24.3 Å².